The quantitative estimate of drug-likeness (QED) is 0.851. The average Bonchev–Trinajstić information content (AvgIpc) is 2.60. The largest absolute Gasteiger partial charge is 0.353 e. The lowest BCUT2D eigenvalue weighted by atomic mass is 10.1. The standard InChI is InChI=1S/C11H16ClN5/c1-7(2)4-5-13-10-15-11-14-8(3)6-9(12)17(11)16-10/h6-7H,4-5H2,1-3H3,(H,13,16). The fourth-order valence-corrected chi connectivity index (χ4v) is 1.76. The number of hydrogen-bond donors (Lipinski definition) is 1. The molecule has 0 aliphatic carbocycles. The summed E-state index contributed by atoms with van der Waals surface area (Å²) in [5.74, 6) is 1.76. The van der Waals surface area contributed by atoms with Gasteiger partial charge in [0.25, 0.3) is 5.78 Å². The van der Waals surface area contributed by atoms with Gasteiger partial charge in [-0.05, 0) is 25.3 Å². The molecule has 17 heavy (non-hydrogen) atoms. The predicted octanol–water partition coefficient (Wildman–Crippen LogP) is 2.54. The number of hydrogen-bond acceptors (Lipinski definition) is 4. The Balaban J connectivity index is 2.17. The zero-order valence-electron chi connectivity index (χ0n) is 10.2. The molecule has 0 aliphatic heterocycles. The summed E-state index contributed by atoms with van der Waals surface area (Å²) in [6.45, 7) is 7.10. The predicted molar refractivity (Wildman–Crippen MR) is 68.5 cm³/mol. The van der Waals surface area contributed by atoms with Crippen LogP contribution in [0.5, 0.6) is 0 Å². The van der Waals surface area contributed by atoms with E-state index in [9.17, 15) is 0 Å². The molecule has 0 saturated heterocycles. The second kappa shape index (κ2) is 4.87. The van der Waals surface area contributed by atoms with Crippen molar-refractivity contribution >= 4 is 23.3 Å². The van der Waals surface area contributed by atoms with E-state index in [1.54, 1.807) is 6.07 Å². The van der Waals surface area contributed by atoms with E-state index in [2.05, 4.69) is 34.2 Å². The maximum Gasteiger partial charge on any atom is 0.255 e. The van der Waals surface area contributed by atoms with Crippen molar-refractivity contribution in [1.29, 1.82) is 0 Å². The first-order valence-electron chi connectivity index (χ1n) is 5.70. The van der Waals surface area contributed by atoms with Crippen molar-refractivity contribution in [3.8, 4) is 0 Å². The lowest BCUT2D eigenvalue weighted by molar-refractivity contribution is 0.606. The van der Waals surface area contributed by atoms with E-state index in [-0.39, 0.29) is 0 Å². The normalized spacial score (nSPS) is 11.4. The number of aromatic nitrogens is 4. The molecule has 0 radical (unpaired) electrons. The van der Waals surface area contributed by atoms with E-state index >= 15 is 0 Å². The van der Waals surface area contributed by atoms with E-state index in [0.717, 1.165) is 18.7 Å². The Morgan fingerprint density at radius 3 is 2.88 bits per heavy atom. The van der Waals surface area contributed by atoms with Gasteiger partial charge in [0.15, 0.2) is 0 Å². The van der Waals surface area contributed by atoms with Crippen molar-refractivity contribution in [2.75, 3.05) is 11.9 Å². The van der Waals surface area contributed by atoms with Crippen LogP contribution < -0.4 is 5.32 Å². The van der Waals surface area contributed by atoms with Crippen LogP contribution in [0.25, 0.3) is 5.78 Å². The van der Waals surface area contributed by atoms with Gasteiger partial charge in [0, 0.05) is 12.2 Å². The van der Waals surface area contributed by atoms with E-state index in [0.29, 0.717) is 22.8 Å². The second-order valence-electron chi connectivity index (χ2n) is 4.48. The van der Waals surface area contributed by atoms with Gasteiger partial charge >= 0.3 is 0 Å². The van der Waals surface area contributed by atoms with Crippen LogP contribution in [0.1, 0.15) is 26.0 Å². The Morgan fingerprint density at radius 2 is 2.18 bits per heavy atom. The van der Waals surface area contributed by atoms with Crippen molar-refractivity contribution in [2.24, 2.45) is 5.92 Å². The number of halogens is 1. The van der Waals surface area contributed by atoms with Crippen LogP contribution >= 0.6 is 11.6 Å². The highest BCUT2D eigenvalue weighted by Gasteiger charge is 2.08. The third-order valence-corrected chi connectivity index (χ3v) is 2.67. The molecule has 5 nitrogen and oxygen atoms in total. The van der Waals surface area contributed by atoms with E-state index in [1.165, 1.54) is 4.52 Å². The molecule has 2 aromatic heterocycles. The topological polar surface area (TPSA) is 55.1 Å². The molecule has 0 unspecified atom stereocenters. The third-order valence-electron chi connectivity index (χ3n) is 2.40. The molecule has 0 bridgehead atoms. The Labute approximate surface area is 105 Å². The first-order chi connectivity index (χ1) is 8.06. The first kappa shape index (κ1) is 12.1. The van der Waals surface area contributed by atoms with Crippen LogP contribution in [0.3, 0.4) is 0 Å². The zero-order chi connectivity index (χ0) is 12.4. The van der Waals surface area contributed by atoms with E-state index < -0.39 is 0 Å². The molecule has 2 heterocycles. The SMILES string of the molecule is Cc1cc(Cl)n2nc(NCCC(C)C)nc2n1. The molecule has 92 valence electrons. The minimum atomic E-state index is 0.525. The Hall–Kier alpha value is -1.36. The molecule has 0 spiro atoms. The van der Waals surface area contributed by atoms with E-state index in [1.807, 2.05) is 6.92 Å². The number of nitrogens with zero attached hydrogens (tertiary/aromatic N) is 4. The minimum Gasteiger partial charge on any atom is -0.353 e. The monoisotopic (exact) mass is 253 g/mol. The summed E-state index contributed by atoms with van der Waals surface area (Å²) < 4.78 is 1.53. The van der Waals surface area contributed by atoms with Gasteiger partial charge in [-0.2, -0.15) is 9.50 Å². The highest BCUT2D eigenvalue weighted by molar-refractivity contribution is 6.29. The number of aryl methyl sites for hydroxylation is 1. The summed E-state index contributed by atoms with van der Waals surface area (Å²) in [4.78, 5) is 8.54. The summed E-state index contributed by atoms with van der Waals surface area (Å²) in [7, 11) is 0. The van der Waals surface area contributed by atoms with Gasteiger partial charge in [0.05, 0.1) is 0 Å². The molecule has 2 aromatic rings. The van der Waals surface area contributed by atoms with Gasteiger partial charge in [-0.3, -0.25) is 0 Å². The van der Waals surface area contributed by atoms with Crippen LogP contribution in [0.15, 0.2) is 6.07 Å². The van der Waals surface area contributed by atoms with Gasteiger partial charge in [0.1, 0.15) is 5.15 Å². The summed E-state index contributed by atoms with van der Waals surface area (Å²) in [6, 6.07) is 1.77. The van der Waals surface area contributed by atoms with Crippen molar-refractivity contribution in [2.45, 2.75) is 27.2 Å². The molecule has 0 atom stereocenters. The molecular formula is C11H16ClN5. The molecule has 0 aromatic carbocycles. The van der Waals surface area contributed by atoms with Crippen LogP contribution in [0, 0.1) is 12.8 Å². The van der Waals surface area contributed by atoms with Crippen LogP contribution in [0.4, 0.5) is 5.95 Å². The van der Waals surface area contributed by atoms with Crippen LogP contribution in [-0.4, -0.2) is 26.1 Å². The van der Waals surface area contributed by atoms with Gasteiger partial charge in [-0.25, -0.2) is 4.98 Å². The Kier molecular flexibility index (Phi) is 3.47. The zero-order valence-corrected chi connectivity index (χ0v) is 11.0. The fourth-order valence-electron chi connectivity index (χ4n) is 1.49. The molecular weight excluding hydrogens is 238 g/mol. The minimum absolute atomic E-state index is 0.525. The lowest BCUT2D eigenvalue weighted by Gasteiger charge is -2.03. The van der Waals surface area contributed by atoms with Gasteiger partial charge in [-0.1, -0.05) is 25.4 Å². The van der Waals surface area contributed by atoms with Crippen molar-refractivity contribution < 1.29 is 0 Å². The van der Waals surface area contributed by atoms with Gasteiger partial charge in [0.2, 0.25) is 5.95 Å². The molecule has 6 heteroatoms. The summed E-state index contributed by atoms with van der Waals surface area (Å²) in [5, 5.41) is 7.95. The summed E-state index contributed by atoms with van der Waals surface area (Å²) in [5.41, 5.74) is 0.837. The maximum absolute atomic E-state index is 6.05. The molecule has 0 aliphatic rings. The van der Waals surface area contributed by atoms with Crippen molar-refractivity contribution in [3.05, 3.63) is 16.9 Å². The van der Waals surface area contributed by atoms with Crippen molar-refractivity contribution in [3.63, 3.8) is 0 Å². The van der Waals surface area contributed by atoms with Gasteiger partial charge < -0.3 is 5.32 Å². The van der Waals surface area contributed by atoms with Crippen LogP contribution in [-0.2, 0) is 0 Å². The number of fused-ring (bicyclic) bond motifs is 1. The van der Waals surface area contributed by atoms with E-state index in [4.69, 9.17) is 11.6 Å². The van der Waals surface area contributed by atoms with Crippen LogP contribution in [0.2, 0.25) is 5.15 Å². The average molecular weight is 254 g/mol. The highest BCUT2D eigenvalue weighted by Crippen LogP contribution is 2.13. The summed E-state index contributed by atoms with van der Waals surface area (Å²) in [6.07, 6.45) is 1.08. The molecule has 0 fully saturated rings. The summed E-state index contributed by atoms with van der Waals surface area (Å²) >= 11 is 6.05. The van der Waals surface area contributed by atoms with Crippen molar-refractivity contribution in [1.82, 2.24) is 19.6 Å². The smallest absolute Gasteiger partial charge is 0.255 e. The molecule has 1 N–H and O–H groups in total. The maximum atomic E-state index is 6.05. The lowest BCUT2D eigenvalue weighted by Crippen LogP contribution is -2.06. The number of rotatable bonds is 4. The van der Waals surface area contributed by atoms with Gasteiger partial charge in [-0.15, -0.1) is 5.10 Å². The number of anilines is 1. The molecule has 2 rings (SSSR count). The first-order valence-corrected chi connectivity index (χ1v) is 6.08. The highest BCUT2D eigenvalue weighted by atomic mass is 35.5. The Bertz CT molecular complexity index is 520. The molecule has 0 saturated carbocycles. The molecule has 0 amide bonds. The third kappa shape index (κ3) is 2.85. The fraction of sp³-hybridized carbons (Fsp3) is 0.545. The Morgan fingerprint density at radius 1 is 1.41 bits per heavy atom. The second-order valence-corrected chi connectivity index (χ2v) is 4.86. The number of nitrogens with one attached hydrogen (secondary N) is 1.